The number of rotatable bonds is 4. The number of likely N-dealkylation sites (tertiary alicyclic amines) is 1. The zero-order chi connectivity index (χ0) is 16.8. The molecule has 6 nitrogen and oxygen atoms in total. The minimum atomic E-state index is 0.0734. The van der Waals surface area contributed by atoms with Crippen LogP contribution < -0.4 is 5.56 Å². The highest BCUT2D eigenvalue weighted by Crippen LogP contribution is 2.26. The molecule has 5 rings (SSSR count). The van der Waals surface area contributed by atoms with Crippen LogP contribution in [0.1, 0.15) is 47.5 Å². The van der Waals surface area contributed by atoms with Crippen molar-refractivity contribution in [2.24, 2.45) is 5.92 Å². The van der Waals surface area contributed by atoms with Crippen LogP contribution in [0.2, 0.25) is 0 Å². The van der Waals surface area contributed by atoms with E-state index < -0.39 is 0 Å². The lowest BCUT2D eigenvalue weighted by molar-refractivity contribution is 0.0749. The Morgan fingerprint density at radius 3 is 2.92 bits per heavy atom. The fraction of sp³-hybridized carbons (Fsp3) is 0.632. The minimum Gasteiger partial charge on any atom is -0.297 e. The summed E-state index contributed by atoms with van der Waals surface area (Å²) in [5.74, 6) is 0.527. The van der Waals surface area contributed by atoms with E-state index in [9.17, 15) is 4.79 Å². The SMILES string of the molecule is O=c1cc2c(nn1CC1CN(Cc3n[nH]c4c3CCC4)C1)CCCC2. The molecule has 0 unspecified atom stereocenters. The Kier molecular flexibility index (Phi) is 3.73. The number of hydrogen-bond acceptors (Lipinski definition) is 4. The van der Waals surface area contributed by atoms with Crippen molar-refractivity contribution < 1.29 is 0 Å². The van der Waals surface area contributed by atoms with Gasteiger partial charge in [0.05, 0.1) is 17.9 Å². The first-order chi connectivity index (χ1) is 12.3. The van der Waals surface area contributed by atoms with Crippen molar-refractivity contribution in [2.75, 3.05) is 13.1 Å². The van der Waals surface area contributed by atoms with E-state index in [1.54, 1.807) is 4.68 Å². The number of aromatic amines is 1. The molecule has 0 bridgehead atoms. The molecule has 132 valence electrons. The Balaban J connectivity index is 1.21. The fourth-order valence-electron chi connectivity index (χ4n) is 4.63. The van der Waals surface area contributed by atoms with Gasteiger partial charge in [-0.3, -0.25) is 14.8 Å². The Morgan fingerprint density at radius 1 is 1.12 bits per heavy atom. The maximum Gasteiger partial charge on any atom is 0.267 e. The number of hydrogen-bond donors (Lipinski definition) is 1. The molecule has 0 radical (unpaired) electrons. The van der Waals surface area contributed by atoms with E-state index in [0.29, 0.717) is 5.92 Å². The molecule has 1 N–H and O–H groups in total. The molecule has 3 heterocycles. The minimum absolute atomic E-state index is 0.0734. The zero-order valence-corrected chi connectivity index (χ0v) is 14.6. The van der Waals surface area contributed by atoms with Crippen LogP contribution in [0.15, 0.2) is 10.9 Å². The zero-order valence-electron chi connectivity index (χ0n) is 14.6. The first-order valence-electron chi connectivity index (χ1n) is 9.63. The van der Waals surface area contributed by atoms with Gasteiger partial charge < -0.3 is 0 Å². The molecule has 2 aliphatic carbocycles. The average Bonchev–Trinajstić information content (AvgIpc) is 3.18. The molecule has 0 saturated carbocycles. The van der Waals surface area contributed by atoms with Gasteiger partial charge in [0.2, 0.25) is 0 Å². The summed E-state index contributed by atoms with van der Waals surface area (Å²) in [5, 5.41) is 12.3. The van der Waals surface area contributed by atoms with Crippen molar-refractivity contribution in [3.8, 4) is 0 Å². The van der Waals surface area contributed by atoms with Gasteiger partial charge in [0.25, 0.3) is 5.56 Å². The monoisotopic (exact) mass is 339 g/mol. The number of H-pyrrole nitrogens is 1. The topological polar surface area (TPSA) is 66.8 Å². The van der Waals surface area contributed by atoms with Gasteiger partial charge in [-0.15, -0.1) is 0 Å². The summed E-state index contributed by atoms with van der Waals surface area (Å²) in [6.45, 7) is 3.76. The summed E-state index contributed by atoms with van der Waals surface area (Å²) in [4.78, 5) is 14.7. The van der Waals surface area contributed by atoms with E-state index in [2.05, 4.69) is 20.2 Å². The molecular weight excluding hydrogens is 314 g/mol. The molecule has 25 heavy (non-hydrogen) atoms. The lowest BCUT2D eigenvalue weighted by Gasteiger charge is -2.39. The summed E-state index contributed by atoms with van der Waals surface area (Å²) in [5.41, 5.74) is 6.43. The summed E-state index contributed by atoms with van der Waals surface area (Å²) in [6.07, 6.45) is 8.01. The first kappa shape index (κ1) is 15.3. The van der Waals surface area contributed by atoms with Crippen molar-refractivity contribution >= 4 is 0 Å². The molecular formula is C19H25N5O. The molecule has 0 atom stereocenters. The van der Waals surface area contributed by atoms with E-state index in [1.165, 1.54) is 48.2 Å². The lowest BCUT2D eigenvalue weighted by atomic mass is 9.96. The molecule has 2 aromatic rings. The molecule has 6 heteroatoms. The molecule has 0 aromatic carbocycles. The van der Waals surface area contributed by atoms with Gasteiger partial charge >= 0.3 is 0 Å². The van der Waals surface area contributed by atoms with Crippen LogP contribution in [0, 0.1) is 5.92 Å². The molecule has 3 aliphatic rings. The van der Waals surface area contributed by atoms with Crippen molar-refractivity contribution in [2.45, 2.75) is 58.0 Å². The summed E-state index contributed by atoms with van der Waals surface area (Å²) in [6, 6.07) is 1.82. The van der Waals surface area contributed by atoms with Gasteiger partial charge in [0.15, 0.2) is 0 Å². The van der Waals surface area contributed by atoms with Crippen LogP contribution in [0.5, 0.6) is 0 Å². The second-order valence-electron chi connectivity index (χ2n) is 7.88. The number of fused-ring (bicyclic) bond motifs is 2. The van der Waals surface area contributed by atoms with Crippen molar-refractivity contribution in [3.05, 3.63) is 44.6 Å². The average molecular weight is 339 g/mol. The van der Waals surface area contributed by atoms with Gasteiger partial charge in [0, 0.05) is 37.3 Å². The number of nitrogens with one attached hydrogen (secondary N) is 1. The van der Waals surface area contributed by atoms with Crippen LogP contribution in [0.25, 0.3) is 0 Å². The molecule has 1 fully saturated rings. The van der Waals surface area contributed by atoms with Crippen molar-refractivity contribution in [1.82, 2.24) is 24.9 Å². The molecule has 0 spiro atoms. The predicted octanol–water partition coefficient (Wildman–Crippen LogP) is 1.47. The maximum atomic E-state index is 12.3. The smallest absolute Gasteiger partial charge is 0.267 e. The molecule has 1 saturated heterocycles. The van der Waals surface area contributed by atoms with Crippen molar-refractivity contribution in [3.63, 3.8) is 0 Å². The summed E-state index contributed by atoms with van der Waals surface area (Å²) in [7, 11) is 0. The third kappa shape index (κ3) is 2.82. The summed E-state index contributed by atoms with van der Waals surface area (Å²) >= 11 is 0. The van der Waals surface area contributed by atoms with Gasteiger partial charge in [0.1, 0.15) is 0 Å². The van der Waals surface area contributed by atoms with Crippen LogP contribution in [-0.4, -0.2) is 38.0 Å². The standard InChI is InChI=1S/C19H25N5O/c25-19-8-14-4-1-2-6-16(14)22-24(19)11-13-9-23(10-13)12-18-15-5-3-7-17(15)20-21-18/h8,13H,1-7,9-12H2,(H,20,21). The highest BCUT2D eigenvalue weighted by atomic mass is 16.1. The number of nitrogens with zero attached hydrogens (tertiary/aromatic N) is 4. The van der Waals surface area contributed by atoms with Gasteiger partial charge in [-0.05, 0) is 56.1 Å². The molecule has 1 aliphatic heterocycles. The van der Waals surface area contributed by atoms with E-state index in [1.807, 2.05) is 6.07 Å². The predicted molar refractivity (Wildman–Crippen MR) is 94.5 cm³/mol. The van der Waals surface area contributed by atoms with E-state index in [0.717, 1.165) is 51.1 Å². The normalized spacial score (nSPS) is 20.3. The number of aryl methyl sites for hydroxylation is 3. The Hall–Kier alpha value is -1.95. The maximum absolute atomic E-state index is 12.3. The van der Waals surface area contributed by atoms with E-state index in [4.69, 9.17) is 0 Å². The highest BCUT2D eigenvalue weighted by molar-refractivity contribution is 5.29. The number of aromatic nitrogens is 4. The summed E-state index contributed by atoms with van der Waals surface area (Å²) < 4.78 is 1.71. The van der Waals surface area contributed by atoms with Gasteiger partial charge in [-0.2, -0.15) is 10.2 Å². The first-order valence-corrected chi connectivity index (χ1v) is 9.63. The highest BCUT2D eigenvalue weighted by Gasteiger charge is 2.30. The fourth-order valence-corrected chi connectivity index (χ4v) is 4.63. The van der Waals surface area contributed by atoms with Gasteiger partial charge in [-0.1, -0.05) is 0 Å². The Morgan fingerprint density at radius 2 is 2.00 bits per heavy atom. The largest absolute Gasteiger partial charge is 0.297 e. The Labute approximate surface area is 147 Å². The Bertz CT molecular complexity index is 846. The van der Waals surface area contributed by atoms with Crippen LogP contribution in [0.3, 0.4) is 0 Å². The molecule has 2 aromatic heterocycles. The third-order valence-electron chi connectivity index (χ3n) is 6.00. The lowest BCUT2D eigenvalue weighted by Crippen LogP contribution is -2.49. The van der Waals surface area contributed by atoms with Crippen LogP contribution in [0.4, 0.5) is 0 Å². The van der Waals surface area contributed by atoms with Crippen LogP contribution in [-0.2, 0) is 38.8 Å². The quantitative estimate of drug-likeness (QED) is 0.916. The van der Waals surface area contributed by atoms with E-state index in [-0.39, 0.29) is 5.56 Å². The van der Waals surface area contributed by atoms with Crippen molar-refractivity contribution in [1.29, 1.82) is 0 Å². The van der Waals surface area contributed by atoms with E-state index >= 15 is 0 Å². The van der Waals surface area contributed by atoms with Crippen LogP contribution >= 0.6 is 0 Å². The van der Waals surface area contributed by atoms with Gasteiger partial charge in [-0.25, -0.2) is 4.68 Å². The second-order valence-corrected chi connectivity index (χ2v) is 7.88. The third-order valence-corrected chi connectivity index (χ3v) is 6.00. The second kappa shape index (κ2) is 6.09. The molecule has 0 amide bonds.